The maximum absolute atomic E-state index is 8.73. The third-order valence-electron chi connectivity index (χ3n) is 2.21. The topological polar surface area (TPSA) is 78.5 Å². The summed E-state index contributed by atoms with van der Waals surface area (Å²) in [6.45, 7) is 0. The smallest absolute Gasteiger partial charge is 0.161 e. The van der Waals surface area contributed by atoms with Crippen LogP contribution in [0.3, 0.4) is 0 Å². The summed E-state index contributed by atoms with van der Waals surface area (Å²) in [5.74, 6) is 0.867. The first-order chi connectivity index (χ1) is 7.70. The van der Waals surface area contributed by atoms with Crippen molar-refractivity contribution in [1.29, 1.82) is 5.26 Å². The minimum atomic E-state index is 0.226. The first-order valence-corrected chi connectivity index (χ1v) is 5.06. The summed E-state index contributed by atoms with van der Waals surface area (Å²) in [7, 11) is 0. The molecule has 0 amide bonds. The molecule has 0 aliphatic carbocycles. The molecule has 0 radical (unpaired) electrons. The number of hydrogen-bond acceptors (Lipinski definition) is 3. The van der Waals surface area contributed by atoms with Crippen molar-refractivity contribution < 1.29 is 0 Å². The zero-order valence-corrected chi connectivity index (χ0v) is 9.12. The zero-order valence-electron chi connectivity index (χ0n) is 8.37. The van der Waals surface area contributed by atoms with Gasteiger partial charge in [-0.1, -0.05) is 29.8 Å². The number of nitrogens with zero attached hydrogens (tertiary/aromatic N) is 2. The Bertz CT molecular complexity index is 553. The lowest BCUT2D eigenvalue weighted by atomic mass is 10.1. The normalized spacial score (nSPS) is 10.0. The summed E-state index contributed by atoms with van der Waals surface area (Å²) in [6.07, 6.45) is 0.533. The van der Waals surface area contributed by atoms with Gasteiger partial charge in [0.15, 0.2) is 11.5 Å². The van der Waals surface area contributed by atoms with Crippen LogP contribution in [-0.4, -0.2) is 9.97 Å². The van der Waals surface area contributed by atoms with Crippen molar-refractivity contribution in [2.24, 2.45) is 0 Å². The van der Waals surface area contributed by atoms with Crippen LogP contribution in [0.15, 0.2) is 24.3 Å². The summed E-state index contributed by atoms with van der Waals surface area (Å²) >= 11 is 6.02. The van der Waals surface area contributed by atoms with E-state index in [0.717, 1.165) is 5.56 Å². The molecule has 0 fully saturated rings. The average molecular weight is 233 g/mol. The van der Waals surface area contributed by atoms with Crippen LogP contribution >= 0.6 is 11.6 Å². The Labute approximate surface area is 97.7 Å². The quantitative estimate of drug-likeness (QED) is 0.832. The summed E-state index contributed by atoms with van der Waals surface area (Å²) in [4.78, 5) is 6.91. The SMILES string of the molecule is N#Cc1[nH]c(Cc2ccccc2Cl)nc1N. The molecule has 16 heavy (non-hydrogen) atoms. The lowest BCUT2D eigenvalue weighted by Crippen LogP contribution is -1.92. The molecule has 0 unspecified atom stereocenters. The van der Waals surface area contributed by atoms with E-state index < -0.39 is 0 Å². The van der Waals surface area contributed by atoms with Crippen molar-refractivity contribution in [2.75, 3.05) is 5.73 Å². The second-order valence-electron chi connectivity index (χ2n) is 3.32. The number of hydrogen-bond donors (Lipinski definition) is 2. The Kier molecular flexibility index (Phi) is 2.80. The second-order valence-corrected chi connectivity index (χ2v) is 3.73. The Morgan fingerprint density at radius 3 is 2.81 bits per heavy atom. The molecule has 2 aromatic rings. The molecular weight excluding hydrogens is 224 g/mol. The highest BCUT2D eigenvalue weighted by atomic mass is 35.5. The maximum Gasteiger partial charge on any atom is 0.161 e. The number of nitrogen functional groups attached to an aromatic ring is 1. The van der Waals surface area contributed by atoms with Gasteiger partial charge in [-0.2, -0.15) is 5.26 Å². The van der Waals surface area contributed by atoms with Crippen LogP contribution in [0, 0.1) is 11.3 Å². The van der Waals surface area contributed by atoms with Gasteiger partial charge in [0.1, 0.15) is 11.9 Å². The molecule has 1 aromatic heterocycles. The van der Waals surface area contributed by atoms with E-state index in [1.807, 2.05) is 30.3 Å². The minimum Gasteiger partial charge on any atom is -0.381 e. The van der Waals surface area contributed by atoms with Gasteiger partial charge in [-0.25, -0.2) is 4.98 Å². The second kappa shape index (κ2) is 4.25. The van der Waals surface area contributed by atoms with Crippen LogP contribution < -0.4 is 5.73 Å². The highest BCUT2D eigenvalue weighted by Crippen LogP contribution is 2.18. The van der Waals surface area contributed by atoms with E-state index in [1.165, 1.54) is 0 Å². The molecule has 0 saturated carbocycles. The molecule has 2 rings (SSSR count). The number of halogens is 1. The van der Waals surface area contributed by atoms with Crippen LogP contribution in [-0.2, 0) is 6.42 Å². The van der Waals surface area contributed by atoms with E-state index in [1.54, 1.807) is 0 Å². The van der Waals surface area contributed by atoms with Crippen LogP contribution in [0.5, 0.6) is 0 Å². The van der Waals surface area contributed by atoms with Crippen molar-refractivity contribution in [1.82, 2.24) is 9.97 Å². The minimum absolute atomic E-state index is 0.226. The Hall–Kier alpha value is -1.99. The number of nitrogens with two attached hydrogens (primary N) is 1. The van der Waals surface area contributed by atoms with Crippen molar-refractivity contribution >= 4 is 17.4 Å². The molecule has 4 nitrogen and oxygen atoms in total. The van der Waals surface area contributed by atoms with E-state index in [9.17, 15) is 0 Å². The number of nitrogens with one attached hydrogen (secondary N) is 1. The predicted octanol–water partition coefficient (Wildman–Crippen LogP) is 2.11. The van der Waals surface area contributed by atoms with E-state index in [0.29, 0.717) is 23.0 Å². The van der Waals surface area contributed by atoms with Crippen molar-refractivity contribution in [2.45, 2.75) is 6.42 Å². The summed E-state index contributed by atoms with van der Waals surface area (Å²) in [5, 5.41) is 9.40. The fourth-order valence-corrected chi connectivity index (χ4v) is 1.63. The number of anilines is 1. The van der Waals surface area contributed by atoms with Crippen LogP contribution in [0.25, 0.3) is 0 Å². The van der Waals surface area contributed by atoms with Crippen LogP contribution in [0.2, 0.25) is 5.02 Å². The van der Waals surface area contributed by atoms with Crippen molar-refractivity contribution in [3.63, 3.8) is 0 Å². The molecule has 3 N–H and O–H groups in total. The van der Waals surface area contributed by atoms with Gasteiger partial charge in [0.05, 0.1) is 0 Å². The monoisotopic (exact) mass is 232 g/mol. The highest BCUT2D eigenvalue weighted by Gasteiger charge is 2.08. The van der Waals surface area contributed by atoms with Gasteiger partial charge in [-0.15, -0.1) is 0 Å². The van der Waals surface area contributed by atoms with Crippen LogP contribution in [0.1, 0.15) is 17.1 Å². The summed E-state index contributed by atoms with van der Waals surface area (Å²) in [6, 6.07) is 9.43. The fourth-order valence-electron chi connectivity index (χ4n) is 1.43. The van der Waals surface area contributed by atoms with E-state index in [2.05, 4.69) is 9.97 Å². The Balaban J connectivity index is 2.28. The first-order valence-electron chi connectivity index (χ1n) is 4.68. The third kappa shape index (κ3) is 2.00. The van der Waals surface area contributed by atoms with Gasteiger partial charge < -0.3 is 10.7 Å². The van der Waals surface area contributed by atoms with Crippen molar-refractivity contribution in [3.8, 4) is 6.07 Å². The van der Waals surface area contributed by atoms with Crippen molar-refractivity contribution in [3.05, 3.63) is 46.4 Å². The summed E-state index contributed by atoms with van der Waals surface area (Å²) < 4.78 is 0. The number of H-pyrrole nitrogens is 1. The molecule has 1 heterocycles. The molecule has 0 bridgehead atoms. The van der Waals surface area contributed by atoms with Gasteiger partial charge in [0.2, 0.25) is 0 Å². The average Bonchev–Trinajstić information content (AvgIpc) is 2.62. The molecule has 0 aliphatic rings. The summed E-state index contributed by atoms with van der Waals surface area (Å²) in [5.41, 5.74) is 6.79. The number of benzene rings is 1. The lowest BCUT2D eigenvalue weighted by molar-refractivity contribution is 1.02. The number of rotatable bonds is 2. The molecule has 5 heteroatoms. The first kappa shape index (κ1) is 10.5. The highest BCUT2D eigenvalue weighted by molar-refractivity contribution is 6.31. The fraction of sp³-hybridized carbons (Fsp3) is 0.0909. The molecule has 0 aliphatic heterocycles. The molecule has 0 saturated heterocycles. The van der Waals surface area contributed by atoms with Gasteiger partial charge in [0, 0.05) is 11.4 Å². The van der Waals surface area contributed by atoms with Gasteiger partial charge in [0.25, 0.3) is 0 Å². The molecule has 1 aromatic carbocycles. The van der Waals surface area contributed by atoms with Gasteiger partial charge >= 0.3 is 0 Å². The lowest BCUT2D eigenvalue weighted by Gasteiger charge is -2.00. The predicted molar refractivity (Wildman–Crippen MR) is 62.0 cm³/mol. The third-order valence-corrected chi connectivity index (χ3v) is 2.58. The number of aromatic amines is 1. The number of aromatic nitrogens is 2. The molecule has 0 atom stereocenters. The Morgan fingerprint density at radius 1 is 1.44 bits per heavy atom. The van der Waals surface area contributed by atoms with E-state index >= 15 is 0 Å². The maximum atomic E-state index is 8.73. The zero-order chi connectivity index (χ0) is 11.5. The van der Waals surface area contributed by atoms with E-state index in [4.69, 9.17) is 22.6 Å². The standard InChI is InChI=1S/C11H9ClN4/c12-8-4-2-1-3-7(8)5-10-15-9(6-13)11(14)16-10/h1-4H,5,14H2,(H,15,16). The van der Waals surface area contributed by atoms with Gasteiger partial charge in [-0.3, -0.25) is 0 Å². The Morgan fingerprint density at radius 2 is 2.19 bits per heavy atom. The molecular formula is C11H9ClN4. The number of imidazole rings is 1. The molecule has 80 valence electrons. The number of nitriles is 1. The largest absolute Gasteiger partial charge is 0.381 e. The molecule has 0 spiro atoms. The van der Waals surface area contributed by atoms with Gasteiger partial charge in [-0.05, 0) is 11.6 Å². The van der Waals surface area contributed by atoms with Crippen LogP contribution in [0.4, 0.5) is 5.82 Å². The van der Waals surface area contributed by atoms with E-state index in [-0.39, 0.29) is 5.82 Å².